The van der Waals surface area contributed by atoms with Gasteiger partial charge in [0.05, 0.1) is 15.5 Å². The van der Waals surface area contributed by atoms with Gasteiger partial charge in [0.15, 0.2) is 4.32 Å². The molecule has 4 rings (SSSR count). The van der Waals surface area contributed by atoms with Crippen molar-refractivity contribution in [3.63, 3.8) is 0 Å². The number of non-ortho nitro benzene ring substituents is 1. The van der Waals surface area contributed by atoms with Crippen molar-refractivity contribution < 1.29 is 14.5 Å². The minimum Gasteiger partial charge on any atom is -0.488 e. The molecule has 1 saturated heterocycles. The zero-order valence-electron chi connectivity index (χ0n) is 17.1. The van der Waals surface area contributed by atoms with Gasteiger partial charge in [-0.25, -0.2) is 0 Å². The van der Waals surface area contributed by atoms with Gasteiger partial charge in [0.25, 0.3) is 11.6 Å². The zero-order valence-corrected chi connectivity index (χ0v) is 18.7. The summed E-state index contributed by atoms with van der Waals surface area (Å²) in [5.41, 5.74) is 3.08. The summed E-state index contributed by atoms with van der Waals surface area (Å²) in [6.45, 7) is 2.26. The van der Waals surface area contributed by atoms with E-state index in [0.717, 1.165) is 22.9 Å². The van der Waals surface area contributed by atoms with Crippen LogP contribution in [0.5, 0.6) is 5.75 Å². The summed E-state index contributed by atoms with van der Waals surface area (Å²) in [5.74, 6) is 0.171. The van der Waals surface area contributed by atoms with Crippen molar-refractivity contribution in [1.82, 2.24) is 0 Å². The smallest absolute Gasteiger partial charge is 0.270 e. The molecule has 3 aromatic rings. The van der Waals surface area contributed by atoms with E-state index in [1.54, 1.807) is 12.1 Å². The molecule has 0 N–H and O–H groups in total. The molecule has 0 saturated carbocycles. The maximum Gasteiger partial charge on any atom is 0.270 e. The predicted molar refractivity (Wildman–Crippen MR) is 131 cm³/mol. The van der Waals surface area contributed by atoms with Gasteiger partial charge in [-0.1, -0.05) is 72.0 Å². The van der Waals surface area contributed by atoms with Crippen molar-refractivity contribution in [2.24, 2.45) is 0 Å². The largest absolute Gasteiger partial charge is 0.488 e. The van der Waals surface area contributed by atoms with E-state index in [1.807, 2.05) is 61.5 Å². The first-order valence-corrected chi connectivity index (χ1v) is 10.9. The highest BCUT2D eigenvalue weighted by molar-refractivity contribution is 8.27. The van der Waals surface area contributed by atoms with E-state index in [9.17, 15) is 14.9 Å². The Morgan fingerprint density at radius 1 is 1.09 bits per heavy atom. The molecule has 3 aromatic carbocycles. The summed E-state index contributed by atoms with van der Waals surface area (Å²) in [7, 11) is 0. The van der Waals surface area contributed by atoms with E-state index >= 15 is 0 Å². The first-order chi connectivity index (χ1) is 15.4. The highest BCUT2D eigenvalue weighted by Crippen LogP contribution is 2.38. The van der Waals surface area contributed by atoms with E-state index in [-0.39, 0.29) is 11.6 Å². The monoisotopic (exact) mass is 462 g/mol. The van der Waals surface area contributed by atoms with Gasteiger partial charge in [-0.05, 0) is 36.8 Å². The number of thiocarbonyl (C=S) groups is 1. The number of rotatable bonds is 6. The second-order valence-electron chi connectivity index (χ2n) is 7.11. The Labute approximate surface area is 194 Å². The van der Waals surface area contributed by atoms with Crippen molar-refractivity contribution in [3.05, 3.63) is 105 Å². The van der Waals surface area contributed by atoms with Crippen LogP contribution in [0.25, 0.3) is 6.08 Å². The van der Waals surface area contributed by atoms with Crippen LogP contribution in [0.15, 0.2) is 77.7 Å². The lowest BCUT2D eigenvalue weighted by Gasteiger charge is -2.14. The predicted octanol–water partition coefficient (Wildman–Crippen LogP) is 5.89. The van der Waals surface area contributed by atoms with Crippen molar-refractivity contribution >= 4 is 51.7 Å². The summed E-state index contributed by atoms with van der Waals surface area (Å²) >= 11 is 6.59. The summed E-state index contributed by atoms with van der Waals surface area (Å²) in [6.07, 6.45) is 1.60. The maximum atomic E-state index is 13.1. The number of nitro benzene ring substituents is 1. The van der Waals surface area contributed by atoms with Crippen LogP contribution in [0.2, 0.25) is 0 Å². The maximum absolute atomic E-state index is 13.1. The Bertz CT molecular complexity index is 1220. The number of hydrogen-bond acceptors (Lipinski definition) is 6. The number of carbonyl (C=O) groups is 1. The molecule has 0 aromatic heterocycles. The third-order valence-electron chi connectivity index (χ3n) is 4.81. The lowest BCUT2D eigenvalue weighted by molar-refractivity contribution is -0.384. The molecule has 1 aliphatic heterocycles. The molecule has 0 atom stereocenters. The number of carbonyl (C=O) groups excluding carboxylic acids is 1. The van der Waals surface area contributed by atoms with Crippen LogP contribution in [0, 0.1) is 17.0 Å². The molecule has 1 amide bonds. The number of hydrogen-bond donors (Lipinski definition) is 0. The van der Waals surface area contributed by atoms with Crippen molar-refractivity contribution in [1.29, 1.82) is 0 Å². The minimum atomic E-state index is -0.476. The molecule has 6 nitrogen and oxygen atoms in total. The van der Waals surface area contributed by atoms with Crippen molar-refractivity contribution in [2.75, 3.05) is 4.90 Å². The number of nitrogens with zero attached hydrogens (tertiary/aromatic N) is 2. The third kappa shape index (κ3) is 4.71. The van der Waals surface area contributed by atoms with Gasteiger partial charge >= 0.3 is 0 Å². The fourth-order valence-electron chi connectivity index (χ4n) is 3.15. The van der Waals surface area contributed by atoms with Crippen LogP contribution in [-0.4, -0.2) is 15.2 Å². The molecule has 160 valence electrons. The van der Waals surface area contributed by atoms with Crippen LogP contribution in [-0.2, 0) is 11.4 Å². The average Bonchev–Trinajstić information content (AvgIpc) is 3.07. The number of amides is 1. The van der Waals surface area contributed by atoms with Gasteiger partial charge in [-0.3, -0.25) is 19.8 Å². The molecule has 0 aliphatic carbocycles. The topological polar surface area (TPSA) is 72.7 Å². The standard InChI is InChI=1S/C24H18N2O4S2/c1-16-7-9-19(10-8-16)25-23(27)22(32-24(25)31)14-18-13-20(26(28)29)11-12-21(18)30-15-17-5-3-2-4-6-17/h2-14H,15H2,1H3. The number of aryl methyl sites for hydroxylation is 1. The second-order valence-corrected chi connectivity index (χ2v) is 8.78. The first kappa shape index (κ1) is 21.7. The molecule has 1 heterocycles. The summed E-state index contributed by atoms with van der Waals surface area (Å²) in [5, 5.41) is 11.3. The van der Waals surface area contributed by atoms with Gasteiger partial charge in [0.1, 0.15) is 12.4 Å². The van der Waals surface area contributed by atoms with Gasteiger partial charge in [-0.15, -0.1) is 0 Å². The molecule has 0 unspecified atom stereocenters. The SMILES string of the molecule is Cc1ccc(N2C(=O)C(=Cc3cc([N+](=O)[O-])ccc3OCc3ccccc3)SC2=S)cc1. The molecule has 8 heteroatoms. The number of thioether (sulfide) groups is 1. The Balaban J connectivity index is 1.66. The summed E-state index contributed by atoms with van der Waals surface area (Å²) < 4.78 is 6.33. The summed E-state index contributed by atoms with van der Waals surface area (Å²) in [4.78, 5) is 25.8. The molecular weight excluding hydrogens is 444 g/mol. The van der Waals surface area contributed by atoms with E-state index in [0.29, 0.717) is 32.8 Å². The van der Waals surface area contributed by atoms with E-state index in [4.69, 9.17) is 17.0 Å². The van der Waals surface area contributed by atoms with E-state index < -0.39 is 4.92 Å². The highest BCUT2D eigenvalue weighted by atomic mass is 32.2. The van der Waals surface area contributed by atoms with Crippen LogP contribution in [0.1, 0.15) is 16.7 Å². The zero-order chi connectivity index (χ0) is 22.7. The molecule has 0 bridgehead atoms. The summed E-state index contributed by atoms with van der Waals surface area (Å²) in [6, 6.07) is 21.4. The normalized spacial score (nSPS) is 14.8. The molecule has 0 radical (unpaired) electrons. The van der Waals surface area contributed by atoms with Crippen molar-refractivity contribution in [2.45, 2.75) is 13.5 Å². The average molecular weight is 463 g/mol. The molecule has 0 spiro atoms. The molecular formula is C24H18N2O4S2. The lowest BCUT2D eigenvalue weighted by atomic mass is 10.1. The highest BCUT2D eigenvalue weighted by Gasteiger charge is 2.33. The van der Waals surface area contributed by atoms with Gasteiger partial charge in [0.2, 0.25) is 0 Å². The van der Waals surface area contributed by atoms with Crippen LogP contribution < -0.4 is 9.64 Å². The Morgan fingerprint density at radius 2 is 1.81 bits per heavy atom. The van der Waals surface area contributed by atoms with Crippen molar-refractivity contribution in [3.8, 4) is 5.75 Å². The number of benzene rings is 3. The lowest BCUT2D eigenvalue weighted by Crippen LogP contribution is -2.27. The van der Waals surface area contributed by atoms with Gasteiger partial charge in [-0.2, -0.15) is 0 Å². The van der Waals surface area contributed by atoms with Crippen LogP contribution in [0.3, 0.4) is 0 Å². The first-order valence-electron chi connectivity index (χ1n) is 9.72. The fourth-order valence-corrected chi connectivity index (χ4v) is 4.44. The quantitative estimate of drug-likeness (QED) is 0.197. The van der Waals surface area contributed by atoms with Crippen LogP contribution >= 0.6 is 24.0 Å². The van der Waals surface area contributed by atoms with E-state index in [2.05, 4.69) is 0 Å². The molecule has 1 aliphatic rings. The Hall–Kier alpha value is -3.49. The number of ether oxygens (including phenoxy) is 1. The molecule has 32 heavy (non-hydrogen) atoms. The second kappa shape index (κ2) is 9.33. The Kier molecular flexibility index (Phi) is 6.34. The third-order valence-corrected chi connectivity index (χ3v) is 6.12. The van der Waals surface area contributed by atoms with Crippen LogP contribution in [0.4, 0.5) is 11.4 Å². The van der Waals surface area contributed by atoms with Gasteiger partial charge < -0.3 is 4.74 Å². The Morgan fingerprint density at radius 3 is 2.50 bits per heavy atom. The number of anilines is 1. The number of nitro groups is 1. The van der Waals surface area contributed by atoms with E-state index in [1.165, 1.54) is 17.0 Å². The van der Waals surface area contributed by atoms with Gasteiger partial charge in [0, 0.05) is 17.7 Å². The molecule has 1 fully saturated rings. The minimum absolute atomic E-state index is 0.0858. The fraction of sp³-hybridized carbons (Fsp3) is 0.0833.